The average Bonchev–Trinajstić information content (AvgIpc) is 2.51. The van der Waals surface area contributed by atoms with Crippen LogP contribution in [0, 0.1) is 17.6 Å². The maximum atomic E-state index is 14.0. The zero-order chi connectivity index (χ0) is 15.2. The van der Waals surface area contributed by atoms with Crippen molar-refractivity contribution in [2.24, 2.45) is 5.92 Å². The number of likely N-dealkylation sites (N-methyl/N-ethyl adjacent to an activating group) is 1. The molecule has 4 heteroatoms. The third-order valence-electron chi connectivity index (χ3n) is 4.65. The van der Waals surface area contributed by atoms with Gasteiger partial charge in [-0.25, -0.2) is 8.78 Å². The molecule has 1 nitrogen and oxygen atoms in total. The second-order valence-electron chi connectivity index (χ2n) is 6.09. The Hall–Kier alpha value is -0.480. The largest absolute Gasteiger partial charge is 0.317 e. The lowest BCUT2D eigenvalue weighted by Gasteiger charge is -2.24. The van der Waals surface area contributed by atoms with Gasteiger partial charge in [-0.05, 0) is 60.3 Å². The first kappa shape index (κ1) is 16.9. The number of hydrogen-bond donors (Lipinski definition) is 1. The van der Waals surface area contributed by atoms with Crippen LogP contribution in [0.1, 0.15) is 50.5 Å². The fourth-order valence-electron chi connectivity index (χ4n) is 3.26. The van der Waals surface area contributed by atoms with Gasteiger partial charge < -0.3 is 5.32 Å². The van der Waals surface area contributed by atoms with Crippen LogP contribution in [-0.2, 0) is 6.42 Å². The molecule has 0 radical (unpaired) electrons. The van der Waals surface area contributed by atoms with Crippen LogP contribution < -0.4 is 5.32 Å². The van der Waals surface area contributed by atoms with Crippen LogP contribution in [0.4, 0.5) is 8.78 Å². The molecule has 21 heavy (non-hydrogen) atoms. The summed E-state index contributed by atoms with van der Waals surface area (Å²) in [6.07, 6.45) is 9.20. The van der Waals surface area contributed by atoms with Gasteiger partial charge in [-0.1, -0.05) is 32.1 Å². The van der Waals surface area contributed by atoms with Gasteiger partial charge in [0.15, 0.2) is 0 Å². The van der Waals surface area contributed by atoms with Crippen LogP contribution in [0.5, 0.6) is 0 Å². The molecular formula is C17H24BrF2N. The summed E-state index contributed by atoms with van der Waals surface area (Å²) in [6, 6.07) is 2.88. The Bertz CT molecular complexity index is 458. The highest BCUT2D eigenvalue weighted by Gasteiger charge is 2.19. The third-order valence-corrected chi connectivity index (χ3v) is 5.26. The van der Waals surface area contributed by atoms with Gasteiger partial charge in [0.05, 0.1) is 4.47 Å². The van der Waals surface area contributed by atoms with Crippen molar-refractivity contribution >= 4 is 15.9 Å². The molecule has 0 amide bonds. The summed E-state index contributed by atoms with van der Waals surface area (Å²) in [4.78, 5) is 0. The monoisotopic (exact) mass is 359 g/mol. The van der Waals surface area contributed by atoms with Crippen molar-refractivity contribution in [1.29, 1.82) is 0 Å². The quantitative estimate of drug-likeness (QED) is 0.686. The SMILES string of the molecule is CNC(CCC1CCCCC1)Cc1c(F)ccc(Br)c1F. The third kappa shape index (κ3) is 4.75. The minimum Gasteiger partial charge on any atom is -0.317 e. The highest BCUT2D eigenvalue weighted by Crippen LogP contribution is 2.29. The maximum absolute atomic E-state index is 14.0. The normalized spacial score (nSPS) is 17.9. The van der Waals surface area contributed by atoms with Crippen molar-refractivity contribution < 1.29 is 8.78 Å². The van der Waals surface area contributed by atoms with Gasteiger partial charge >= 0.3 is 0 Å². The minimum atomic E-state index is -0.465. The summed E-state index contributed by atoms with van der Waals surface area (Å²) >= 11 is 3.13. The molecule has 2 rings (SSSR count). The summed E-state index contributed by atoms with van der Waals surface area (Å²) in [5.41, 5.74) is 0.187. The summed E-state index contributed by atoms with van der Waals surface area (Å²) in [6.45, 7) is 0. The fourth-order valence-corrected chi connectivity index (χ4v) is 3.64. The maximum Gasteiger partial charge on any atom is 0.143 e. The molecule has 1 unspecified atom stereocenters. The summed E-state index contributed by atoms with van der Waals surface area (Å²) in [5.74, 6) is -0.117. The van der Waals surface area contributed by atoms with E-state index in [1.807, 2.05) is 7.05 Å². The van der Waals surface area contributed by atoms with Gasteiger partial charge in [0, 0.05) is 11.6 Å². The van der Waals surface area contributed by atoms with E-state index in [0.29, 0.717) is 10.9 Å². The van der Waals surface area contributed by atoms with E-state index in [1.54, 1.807) is 0 Å². The van der Waals surface area contributed by atoms with Gasteiger partial charge in [0.1, 0.15) is 11.6 Å². The van der Waals surface area contributed by atoms with Crippen molar-refractivity contribution in [3.63, 3.8) is 0 Å². The Balaban J connectivity index is 1.94. The van der Waals surface area contributed by atoms with Gasteiger partial charge in [0.2, 0.25) is 0 Å². The molecule has 1 N–H and O–H groups in total. The molecule has 0 spiro atoms. The molecule has 118 valence electrons. The lowest BCUT2D eigenvalue weighted by molar-refractivity contribution is 0.314. The van der Waals surface area contributed by atoms with Gasteiger partial charge in [-0.2, -0.15) is 0 Å². The van der Waals surface area contributed by atoms with E-state index in [4.69, 9.17) is 0 Å². The van der Waals surface area contributed by atoms with Crippen molar-refractivity contribution in [1.82, 2.24) is 5.32 Å². The van der Waals surface area contributed by atoms with Crippen molar-refractivity contribution in [3.05, 3.63) is 33.8 Å². The Morgan fingerprint density at radius 2 is 1.95 bits per heavy atom. The van der Waals surface area contributed by atoms with E-state index in [9.17, 15) is 8.78 Å². The summed E-state index contributed by atoms with van der Waals surface area (Å²) in [5, 5.41) is 3.22. The van der Waals surface area contributed by atoms with E-state index in [0.717, 1.165) is 18.8 Å². The standard InChI is InChI=1S/C17H24BrF2N/c1-21-13(8-7-12-5-3-2-4-6-12)11-14-16(19)10-9-15(18)17(14)20/h9-10,12-13,21H,2-8,11H2,1H3. The molecule has 1 fully saturated rings. The Morgan fingerprint density at radius 1 is 1.24 bits per heavy atom. The number of rotatable bonds is 6. The first-order valence-corrected chi connectivity index (χ1v) is 8.70. The fraction of sp³-hybridized carbons (Fsp3) is 0.647. The first-order chi connectivity index (χ1) is 10.1. The lowest BCUT2D eigenvalue weighted by atomic mass is 9.84. The highest BCUT2D eigenvalue weighted by atomic mass is 79.9. The van der Waals surface area contributed by atoms with E-state index >= 15 is 0 Å². The number of nitrogens with one attached hydrogen (secondary N) is 1. The van der Waals surface area contributed by atoms with Crippen LogP contribution in [0.25, 0.3) is 0 Å². The van der Waals surface area contributed by atoms with E-state index in [2.05, 4.69) is 21.2 Å². The number of halogens is 3. The summed E-state index contributed by atoms with van der Waals surface area (Å²) < 4.78 is 28.2. The Kier molecular flexibility index (Phi) is 6.62. The zero-order valence-corrected chi connectivity index (χ0v) is 14.2. The predicted octanol–water partition coefficient (Wildman–Crippen LogP) is 5.22. The molecular weight excluding hydrogens is 336 g/mol. The van der Waals surface area contributed by atoms with Gasteiger partial charge in [0.25, 0.3) is 0 Å². The Morgan fingerprint density at radius 3 is 2.62 bits per heavy atom. The second-order valence-corrected chi connectivity index (χ2v) is 6.95. The van der Waals surface area contributed by atoms with Crippen molar-refractivity contribution in [2.75, 3.05) is 7.05 Å². The molecule has 1 aliphatic carbocycles. The van der Waals surface area contributed by atoms with Crippen molar-refractivity contribution in [2.45, 2.75) is 57.4 Å². The topological polar surface area (TPSA) is 12.0 Å². The summed E-state index contributed by atoms with van der Waals surface area (Å²) in [7, 11) is 1.87. The lowest BCUT2D eigenvalue weighted by Crippen LogP contribution is -2.29. The van der Waals surface area contributed by atoms with Crippen LogP contribution >= 0.6 is 15.9 Å². The second kappa shape index (κ2) is 8.23. The first-order valence-electron chi connectivity index (χ1n) is 7.91. The highest BCUT2D eigenvalue weighted by molar-refractivity contribution is 9.10. The van der Waals surface area contributed by atoms with Crippen LogP contribution in [0.2, 0.25) is 0 Å². The number of benzene rings is 1. The molecule has 1 atom stereocenters. The van der Waals surface area contributed by atoms with E-state index < -0.39 is 11.6 Å². The van der Waals surface area contributed by atoms with Gasteiger partial charge in [-0.15, -0.1) is 0 Å². The van der Waals surface area contributed by atoms with E-state index in [1.165, 1.54) is 44.2 Å². The minimum absolute atomic E-state index is 0.130. The number of hydrogen-bond acceptors (Lipinski definition) is 1. The molecule has 0 aromatic heterocycles. The van der Waals surface area contributed by atoms with Crippen LogP contribution in [-0.4, -0.2) is 13.1 Å². The van der Waals surface area contributed by atoms with Crippen LogP contribution in [0.3, 0.4) is 0 Å². The van der Waals surface area contributed by atoms with Crippen LogP contribution in [0.15, 0.2) is 16.6 Å². The zero-order valence-electron chi connectivity index (χ0n) is 12.6. The smallest absolute Gasteiger partial charge is 0.143 e. The molecule has 1 saturated carbocycles. The molecule has 0 aliphatic heterocycles. The molecule has 0 bridgehead atoms. The molecule has 0 heterocycles. The van der Waals surface area contributed by atoms with E-state index in [-0.39, 0.29) is 11.6 Å². The molecule has 0 saturated heterocycles. The van der Waals surface area contributed by atoms with Gasteiger partial charge in [-0.3, -0.25) is 0 Å². The van der Waals surface area contributed by atoms with Crippen molar-refractivity contribution in [3.8, 4) is 0 Å². The average molecular weight is 360 g/mol. The Labute approximate surface area is 134 Å². The molecule has 1 aromatic rings. The predicted molar refractivity (Wildman–Crippen MR) is 86.4 cm³/mol. The molecule has 1 aliphatic rings. The molecule has 1 aromatic carbocycles.